The summed E-state index contributed by atoms with van der Waals surface area (Å²) in [6.07, 6.45) is 0. The lowest BCUT2D eigenvalue weighted by molar-refractivity contribution is -0.119. The lowest BCUT2D eigenvalue weighted by Crippen LogP contribution is -2.40. The van der Waals surface area contributed by atoms with Crippen LogP contribution in [0.4, 0.5) is 5.69 Å². The molecule has 3 aromatic carbocycles. The fourth-order valence-corrected chi connectivity index (χ4v) is 4.94. The first-order chi connectivity index (χ1) is 15.0. The fourth-order valence-electron chi connectivity index (χ4n) is 3.24. The molecule has 0 unspecified atom stereocenters. The summed E-state index contributed by atoms with van der Waals surface area (Å²) in [5, 5.41) is 1.01. The van der Waals surface area contributed by atoms with E-state index >= 15 is 0 Å². The summed E-state index contributed by atoms with van der Waals surface area (Å²) in [5.74, 6) is -0.290. The number of benzene rings is 3. The van der Waals surface area contributed by atoms with Crippen LogP contribution < -0.4 is 9.04 Å². The number of aryl methyl sites for hydroxylation is 4. The zero-order chi connectivity index (χ0) is 23.6. The molecule has 0 aliphatic carbocycles. The molecule has 0 heterocycles. The maximum absolute atomic E-state index is 13.5. The number of nitrogens with zero attached hydrogens (tertiary/aromatic N) is 1. The minimum absolute atomic E-state index is 0.0469. The van der Waals surface area contributed by atoms with Crippen LogP contribution in [0.5, 0.6) is 5.75 Å². The molecule has 0 aliphatic heterocycles. The Morgan fingerprint density at radius 1 is 0.875 bits per heavy atom. The van der Waals surface area contributed by atoms with Gasteiger partial charge in [-0.1, -0.05) is 35.3 Å². The number of rotatable bonds is 6. The van der Waals surface area contributed by atoms with E-state index in [4.69, 9.17) is 27.9 Å². The molecule has 32 heavy (non-hydrogen) atoms. The van der Waals surface area contributed by atoms with Crippen molar-refractivity contribution in [2.24, 2.45) is 0 Å². The van der Waals surface area contributed by atoms with E-state index in [0.29, 0.717) is 21.4 Å². The smallest absolute Gasteiger partial charge is 0.278 e. The van der Waals surface area contributed by atoms with E-state index in [1.807, 2.05) is 26.8 Å². The van der Waals surface area contributed by atoms with Gasteiger partial charge in [0.05, 0.1) is 10.6 Å². The molecule has 0 saturated heterocycles. The molecule has 0 fully saturated rings. The van der Waals surface area contributed by atoms with Gasteiger partial charge in [-0.25, -0.2) is 8.42 Å². The van der Waals surface area contributed by atoms with Crippen molar-refractivity contribution in [3.8, 4) is 5.75 Å². The molecule has 0 radical (unpaired) electrons. The molecule has 0 saturated carbocycles. The molecule has 3 rings (SSSR count). The second-order valence-corrected chi connectivity index (χ2v) is 10.2. The highest BCUT2D eigenvalue weighted by Crippen LogP contribution is 2.30. The molecule has 0 bridgehead atoms. The monoisotopic (exact) mass is 491 g/mol. The zero-order valence-electron chi connectivity index (χ0n) is 18.1. The summed E-state index contributed by atoms with van der Waals surface area (Å²) < 4.78 is 33.5. The number of carbonyl (C=O) groups excluding carboxylic acids is 1. The Morgan fingerprint density at radius 2 is 1.47 bits per heavy atom. The summed E-state index contributed by atoms with van der Waals surface area (Å²) in [4.78, 5) is 13.2. The topological polar surface area (TPSA) is 63.7 Å². The van der Waals surface area contributed by atoms with Gasteiger partial charge in [-0.05, 0) is 92.4 Å². The van der Waals surface area contributed by atoms with Crippen molar-refractivity contribution in [3.63, 3.8) is 0 Å². The average molecular weight is 492 g/mol. The highest BCUT2D eigenvalue weighted by molar-refractivity contribution is 7.93. The lowest BCUT2D eigenvalue weighted by atomic mass is 10.1. The number of ether oxygens (including phenoxy) is 1. The van der Waals surface area contributed by atoms with Crippen molar-refractivity contribution in [2.45, 2.75) is 32.6 Å². The van der Waals surface area contributed by atoms with Crippen LogP contribution in [0.3, 0.4) is 0 Å². The first-order valence-electron chi connectivity index (χ1n) is 9.81. The van der Waals surface area contributed by atoms with E-state index in [1.165, 1.54) is 24.3 Å². The molecule has 0 spiro atoms. The molecular weight excluding hydrogens is 469 g/mol. The highest BCUT2D eigenvalue weighted by atomic mass is 35.5. The van der Waals surface area contributed by atoms with Crippen molar-refractivity contribution < 1.29 is 17.9 Å². The van der Waals surface area contributed by atoms with Crippen molar-refractivity contribution in [3.05, 3.63) is 86.9 Å². The molecule has 0 aromatic heterocycles. The van der Waals surface area contributed by atoms with Gasteiger partial charge in [-0.15, -0.1) is 0 Å². The van der Waals surface area contributed by atoms with E-state index in [-0.39, 0.29) is 10.6 Å². The van der Waals surface area contributed by atoms with Crippen LogP contribution in [-0.4, -0.2) is 20.9 Å². The quantitative estimate of drug-likeness (QED) is 0.422. The number of anilines is 1. The number of hydrogen-bond donors (Lipinski definition) is 0. The molecule has 168 valence electrons. The van der Waals surface area contributed by atoms with Gasteiger partial charge in [-0.3, -0.25) is 4.79 Å². The van der Waals surface area contributed by atoms with E-state index < -0.39 is 22.5 Å². The Kier molecular flexibility index (Phi) is 7.18. The minimum atomic E-state index is -4.21. The van der Waals surface area contributed by atoms with Crippen LogP contribution in [0, 0.1) is 27.7 Å². The van der Waals surface area contributed by atoms with Gasteiger partial charge in [-0.2, -0.15) is 4.31 Å². The van der Waals surface area contributed by atoms with Crippen LogP contribution in [0.2, 0.25) is 10.0 Å². The largest absolute Gasteiger partial charge is 0.484 e. The standard InChI is InChI=1S/C24H23Cl2NO4S/c1-15-5-6-16(2)22(11-15)27(32(29,30)21-9-7-19(25)8-10-21)23(28)14-31-20-12-17(3)24(26)18(4)13-20/h5-13H,14H2,1-4H3. The van der Waals surface area contributed by atoms with Crippen LogP contribution >= 0.6 is 23.2 Å². The first kappa shape index (κ1) is 24.1. The second-order valence-electron chi connectivity index (χ2n) is 7.57. The maximum atomic E-state index is 13.5. The van der Waals surface area contributed by atoms with E-state index in [9.17, 15) is 13.2 Å². The van der Waals surface area contributed by atoms with Gasteiger partial charge < -0.3 is 4.74 Å². The predicted molar refractivity (Wildman–Crippen MR) is 128 cm³/mol. The minimum Gasteiger partial charge on any atom is -0.484 e. The lowest BCUT2D eigenvalue weighted by Gasteiger charge is -2.25. The molecular formula is C24H23Cl2NO4S. The summed E-state index contributed by atoms with van der Waals surface area (Å²) in [5.41, 5.74) is 3.33. The van der Waals surface area contributed by atoms with Crippen LogP contribution in [0.1, 0.15) is 22.3 Å². The third-order valence-electron chi connectivity index (χ3n) is 4.93. The average Bonchev–Trinajstić information content (AvgIpc) is 2.73. The second kappa shape index (κ2) is 9.53. The molecule has 0 aliphatic rings. The summed E-state index contributed by atoms with van der Waals surface area (Å²) >= 11 is 12.1. The normalized spacial score (nSPS) is 11.3. The van der Waals surface area contributed by atoms with Crippen molar-refractivity contribution in [1.29, 1.82) is 0 Å². The van der Waals surface area contributed by atoms with E-state index in [0.717, 1.165) is 21.0 Å². The summed E-state index contributed by atoms with van der Waals surface area (Å²) in [6.45, 7) is 6.77. The van der Waals surface area contributed by atoms with Crippen molar-refractivity contribution >= 4 is 44.8 Å². The molecule has 8 heteroatoms. The first-order valence-corrected chi connectivity index (χ1v) is 12.0. The highest BCUT2D eigenvalue weighted by Gasteiger charge is 2.32. The van der Waals surface area contributed by atoms with Gasteiger partial charge >= 0.3 is 0 Å². The number of carbonyl (C=O) groups is 1. The Morgan fingerprint density at radius 3 is 2.06 bits per heavy atom. The zero-order valence-corrected chi connectivity index (χ0v) is 20.5. The van der Waals surface area contributed by atoms with Crippen LogP contribution in [0.25, 0.3) is 0 Å². The Bertz CT molecular complexity index is 1250. The van der Waals surface area contributed by atoms with E-state index in [1.54, 1.807) is 31.2 Å². The fraction of sp³-hybridized carbons (Fsp3) is 0.208. The van der Waals surface area contributed by atoms with E-state index in [2.05, 4.69) is 0 Å². The molecule has 0 N–H and O–H groups in total. The molecule has 0 atom stereocenters. The predicted octanol–water partition coefficient (Wildman–Crippen LogP) is 6.03. The number of sulfonamides is 1. The number of hydrogen-bond acceptors (Lipinski definition) is 4. The third kappa shape index (κ3) is 5.09. The summed E-state index contributed by atoms with van der Waals surface area (Å²) in [6, 6.07) is 14.4. The van der Waals surface area contributed by atoms with Gasteiger partial charge in [0.15, 0.2) is 6.61 Å². The molecule has 1 amide bonds. The van der Waals surface area contributed by atoms with Gasteiger partial charge in [0.25, 0.3) is 15.9 Å². The molecule has 3 aromatic rings. The maximum Gasteiger partial charge on any atom is 0.278 e. The number of halogens is 2. The van der Waals surface area contributed by atoms with Gasteiger partial charge in [0, 0.05) is 10.0 Å². The van der Waals surface area contributed by atoms with Crippen LogP contribution in [0.15, 0.2) is 59.5 Å². The molecule has 5 nitrogen and oxygen atoms in total. The van der Waals surface area contributed by atoms with Gasteiger partial charge in [0.1, 0.15) is 5.75 Å². The Balaban J connectivity index is 2.01. The van der Waals surface area contributed by atoms with Gasteiger partial charge in [0.2, 0.25) is 0 Å². The van der Waals surface area contributed by atoms with Crippen molar-refractivity contribution in [1.82, 2.24) is 0 Å². The van der Waals surface area contributed by atoms with Crippen LogP contribution in [-0.2, 0) is 14.8 Å². The van der Waals surface area contributed by atoms with Crippen molar-refractivity contribution in [2.75, 3.05) is 10.9 Å². The Labute approximate surface area is 198 Å². The SMILES string of the molecule is Cc1ccc(C)c(N(C(=O)COc2cc(C)c(Cl)c(C)c2)S(=O)(=O)c2ccc(Cl)cc2)c1. The Hall–Kier alpha value is -2.54. The third-order valence-corrected chi connectivity index (χ3v) is 7.53. The summed E-state index contributed by atoms with van der Waals surface area (Å²) in [7, 11) is -4.21. The number of amides is 1.